The second-order valence-corrected chi connectivity index (χ2v) is 8.30. The normalized spacial score (nSPS) is 10.8. The summed E-state index contributed by atoms with van der Waals surface area (Å²) in [6, 6.07) is 0. The summed E-state index contributed by atoms with van der Waals surface area (Å²) in [6.45, 7) is 5.75. The number of anilines is 1. The molecule has 0 saturated heterocycles. The van der Waals surface area contributed by atoms with E-state index in [0.29, 0.717) is 22.3 Å². The van der Waals surface area contributed by atoms with Crippen LogP contribution in [0.25, 0.3) is 0 Å². The number of nitrogens with one attached hydrogen (secondary N) is 2. The maximum absolute atomic E-state index is 12.1. The van der Waals surface area contributed by atoms with Crippen molar-refractivity contribution >= 4 is 51.9 Å². The summed E-state index contributed by atoms with van der Waals surface area (Å²) in [5.41, 5.74) is 2.63. The van der Waals surface area contributed by atoms with Gasteiger partial charge in [0.15, 0.2) is 10.3 Å². The molecule has 7 nitrogen and oxygen atoms in total. The molecule has 26 heavy (non-hydrogen) atoms. The first-order valence-corrected chi connectivity index (χ1v) is 11.3. The van der Waals surface area contributed by atoms with E-state index in [2.05, 4.69) is 26.5 Å². The zero-order valence-corrected chi connectivity index (χ0v) is 17.6. The molecular weight excluding hydrogens is 392 g/mol. The molecule has 2 N–H and O–H groups in total. The number of hydrogen-bond donors (Lipinski definition) is 2. The van der Waals surface area contributed by atoms with E-state index in [1.165, 1.54) is 11.8 Å². The molecule has 2 aromatic rings. The van der Waals surface area contributed by atoms with E-state index >= 15 is 0 Å². The first-order chi connectivity index (χ1) is 12.4. The van der Waals surface area contributed by atoms with Gasteiger partial charge in [-0.1, -0.05) is 23.1 Å². The molecule has 0 unspecified atom stereocenters. The lowest BCUT2D eigenvalue weighted by Gasteiger charge is -2.00. The van der Waals surface area contributed by atoms with E-state index in [4.69, 9.17) is 4.74 Å². The van der Waals surface area contributed by atoms with Crippen molar-refractivity contribution in [2.24, 2.45) is 0 Å². The number of esters is 1. The van der Waals surface area contributed by atoms with Gasteiger partial charge in [0.1, 0.15) is 4.88 Å². The lowest BCUT2D eigenvalue weighted by Crippen LogP contribution is -2.13. The van der Waals surface area contributed by atoms with Gasteiger partial charge in [-0.15, -0.1) is 0 Å². The topological polar surface area (TPSA) is 97.0 Å². The third-order valence-corrected chi connectivity index (χ3v) is 5.89. The van der Waals surface area contributed by atoms with Crippen molar-refractivity contribution in [1.29, 1.82) is 0 Å². The summed E-state index contributed by atoms with van der Waals surface area (Å²) in [7, 11) is 0. The Balaban J connectivity index is 1.89. The number of hydrogen-bond acceptors (Lipinski definition) is 8. The van der Waals surface area contributed by atoms with Gasteiger partial charge in [-0.05, 0) is 32.8 Å². The van der Waals surface area contributed by atoms with Crippen molar-refractivity contribution in [3.63, 3.8) is 0 Å². The molecule has 0 aromatic carbocycles. The predicted octanol–water partition coefficient (Wildman–Crippen LogP) is 3.30. The van der Waals surface area contributed by atoms with Crippen molar-refractivity contribution in [2.45, 2.75) is 32.3 Å². The molecule has 2 aromatic heterocycles. The number of rotatable bonds is 9. The van der Waals surface area contributed by atoms with Crippen molar-refractivity contribution in [3.05, 3.63) is 22.0 Å². The van der Waals surface area contributed by atoms with Gasteiger partial charge in [-0.2, -0.15) is 11.8 Å². The molecule has 0 aliphatic heterocycles. The number of carbonyl (C=O) groups excluding carboxylic acids is 2. The number of thiazole rings is 1. The average Bonchev–Trinajstić information content (AvgIpc) is 3.13. The van der Waals surface area contributed by atoms with Crippen LogP contribution in [0, 0.1) is 13.8 Å². The highest BCUT2D eigenvalue weighted by Crippen LogP contribution is 2.24. The molecule has 2 heterocycles. The van der Waals surface area contributed by atoms with Crippen LogP contribution in [0.3, 0.4) is 0 Å². The fraction of sp³-hybridized carbons (Fsp3) is 0.500. The quantitative estimate of drug-likeness (QED) is 0.480. The van der Waals surface area contributed by atoms with E-state index in [1.807, 2.05) is 6.92 Å². The number of imidazole rings is 1. The number of aryl methyl sites for hydroxylation is 3. The Bertz CT molecular complexity index is 773. The second-order valence-electron chi connectivity index (χ2n) is 5.35. The Morgan fingerprint density at radius 2 is 2.08 bits per heavy atom. The number of ether oxygens (including phenoxy) is 1. The number of aromatic amines is 1. The zero-order chi connectivity index (χ0) is 19.1. The van der Waals surface area contributed by atoms with Gasteiger partial charge in [-0.25, -0.2) is 14.8 Å². The molecule has 142 valence electrons. The average molecular weight is 415 g/mol. The zero-order valence-electron chi connectivity index (χ0n) is 15.2. The first kappa shape index (κ1) is 20.8. The predicted molar refractivity (Wildman–Crippen MR) is 108 cm³/mol. The molecule has 2 rings (SSSR count). The molecule has 0 aliphatic carbocycles. The van der Waals surface area contributed by atoms with E-state index < -0.39 is 5.97 Å². The van der Waals surface area contributed by atoms with E-state index in [9.17, 15) is 9.59 Å². The van der Waals surface area contributed by atoms with Crippen LogP contribution < -0.4 is 5.32 Å². The maximum atomic E-state index is 12.1. The molecule has 10 heteroatoms. The lowest BCUT2D eigenvalue weighted by molar-refractivity contribution is -0.113. The minimum atomic E-state index is -0.416. The molecule has 0 aliphatic rings. The summed E-state index contributed by atoms with van der Waals surface area (Å²) in [4.78, 5) is 36.3. The Hall–Kier alpha value is -1.52. The third kappa shape index (κ3) is 5.75. The minimum absolute atomic E-state index is 0.195. The summed E-state index contributed by atoms with van der Waals surface area (Å²) in [5.74, 6) is 0.616. The lowest BCUT2D eigenvalue weighted by atomic mass is 10.3. The van der Waals surface area contributed by atoms with Crippen molar-refractivity contribution in [3.8, 4) is 0 Å². The summed E-state index contributed by atoms with van der Waals surface area (Å²) < 4.78 is 4.97. The van der Waals surface area contributed by atoms with E-state index in [0.717, 1.165) is 40.1 Å². The van der Waals surface area contributed by atoms with Gasteiger partial charge in [-0.3, -0.25) is 4.79 Å². The fourth-order valence-electron chi connectivity index (χ4n) is 2.10. The number of carbonyl (C=O) groups is 2. The molecule has 0 fully saturated rings. The van der Waals surface area contributed by atoms with Gasteiger partial charge in [0.05, 0.1) is 23.7 Å². The van der Waals surface area contributed by atoms with Crippen LogP contribution in [0.2, 0.25) is 0 Å². The standard InChI is InChI=1S/C16H22N4O3S3/c1-5-23-14(22)13-10(3)18-16(26-13)20-12(21)8-25-15-17-9(2)11(19-15)6-7-24-4/h5-8H2,1-4H3,(H,17,19)(H,18,20,21). The van der Waals surface area contributed by atoms with Crippen LogP contribution in [-0.4, -0.2) is 51.2 Å². The Morgan fingerprint density at radius 3 is 2.77 bits per heavy atom. The molecule has 0 spiro atoms. The fourth-order valence-corrected chi connectivity index (χ4v) is 4.12. The van der Waals surface area contributed by atoms with E-state index in [-0.39, 0.29) is 11.7 Å². The largest absolute Gasteiger partial charge is 0.462 e. The van der Waals surface area contributed by atoms with Crippen LogP contribution >= 0.6 is 34.9 Å². The third-order valence-electron chi connectivity index (χ3n) is 3.35. The molecule has 0 bridgehead atoms. The van der Waals surface area contributed by atoms with Crippen LogP contribution in [-0.2, 0) is 16.0 Å². The van der Waals surface area contributed by atoms with Crippen molar-refractivity contribution in [2.75, 3.05) is 29.7 Å². The molecule has 0 atom stereocenters. The summed E-state index contributed by atoms with van der Waals surface area (Å²) >= 11 is 4.24. The molecule has 0 saturated carbocycles. The van der Waals surface area contributed by atoms with E-state index in [1.54, 1.807) is 25.6 Å². The molecule has 0 radical (unpaired) electrons. The van der Waals surface area contributed by atoms with Crippen LogP contribution in [0.5, 0.6) is 0 Å². The number of aromatic nitrogens is 3. The number of H-pyrrole nitrogens is 1. The summed E-state index contributed by atoms with van der Waals surface area (Å²) in [5, 5.41) is 3.85. The molecule has 1 amide bonds. The minimum Gasteiger partial charge on any atom is -0.462 e. The smallest absolute Gasteiger partial charge is 0.350 e. The van der Waals surface area contributed by atoms with Gasteiger partial charge in [0.2, 0.25) is 5.91 Å². The highest BCUT2D eigenvalue weighted by molar-refractivity contribution is 7.99. The van der Waals surface area contributed by atoms with Crippen LogP contribution in [0.1, 0.15) is 33.7 Å². The Kier molecular flexibility index (Phi) is 7.98. The van der Waals surface area contributed by atoms with Crippen molar-refractivity contribution in [1.82, 2.24) is 15.0 Å². The second kappa shape index (κ2) is 9.98. The van der Waals surface area contributed by atoms with Crippen LogP contribution in [0.15, 0.2) is 5.16 Å². The van der Waals surface area contributed by atoms with Gasteiger partial charge >= 0.3 is 5.97 Å². The van der Waals surface area contributed by atoms with Gasteiger partial charge < -0.3 is 15.0 Å². The Labute approximate surface area is 165 Å². The SMILES string of the molecule is CCOC(=O)c1sc(NC(=O)CSc2nc(CCSC)c(C)[nH]2)nc1C. The van der Waals surface area contributed by atoms with Gasteiger partial charge in [0.25, 0.3) is 0 Å². The van der Waals surface area contributed by atoms with Crippen molar-refractivity contribution < 1.29 is 14.3 Å². The van der Waals surface area contributed by atoms with Crippen LogP contribution in [0.4, 0.5) is 5.13 Å². The summed E-state index contributed by atoms with van der Waals surface area (Å²) in [6.07, 6.45) is 2.97. The first-order valence-electron chi connectivity index (χ1n) is 8.06. The number of thioether (sulfide) groups is 2. The number of nitrogens with zero attached hydrogens (tertiary/aromatic N) is 2. The highest BCUT2D eigenvalue weighted by atomic mass is 32.2. The monoisotopic (exact) mass is 414 g/mol. The Morgan fingerprint density at radius 1 is 1.31 bits per heavy atom. The highest BCUT2D eigenvalue weighted by Gasteiger charge is 2.18. The molecular formula is C16H22N4O3S3. The number of amides is 1. The maximum Gasteiger partial charge on any atom is 0.350 e. The van der Waals surface area contributed by atoms with Gasteiger partial charge in [0, 0.05) is 12.1 Å².